The summed E-state index contributed by atoms with van der Waals surface area (Å²) in [5.41, 5.74) is 0.0130. The number of nitrogens with zero attached hydrogens (tertiary/aromatic N) is 2. The molecule has 0 saturated heterocycles. The van der Waals surface area contributed by atoms with Crippen LogP contribution in [0.25, 0.3) is 5.69 Å². The molecule has 1 heterocycles. The van der Waals surface area contributed by atoms with E-state index >= 15 is 0 Å². The van der Waals surface area contributed by atoms with Gasteiger partial charge in [0.2, 0.25) is 5.88 Å². The van der Waals surface area contributed by atoms with Gasteiger partial charge in [-0.05, 0) is 35.2 Å². The van der Waals surface area contributed by atoms with Crippen LogP contribution in [0.5, 0.6) is 5.88 Å². The molecule has 0 fully saturated rings. The molecule has 0 bridgehead atoms. The van der Waals surface area contributed by atoms with E-state index in [0.717, 1.165) is 4.68 Å². The summed E-state index contributed by atoms with van der Waals surface area (Å²) in [6.45, 7) is 5.41. The minimum Gasteiger partial charge on any atom is -0.481 e. The Balaban J connectivity index is 1.92. The zero-order chi connectivity index (χ0) is 25.8. The van der Waals surface area contributed by atoms with Crippen LogP contribution >= 0.6 is 11.6 Å². The maximum atomic E-state index is 14.5. The number of carboxylic acid groups (broad SMARTS) is 1. The Morgan fingerprint density at radius 3 is 2.43 bits per heavy atom. The molecule has 2 unspecified atom stereocenters. The molecule has 0 spiro atoms. The third kappa shape index (κ3) is 6.80. The normalized spacial score (nSPS) is 13.2. The van der Waals surface area contributed by atoms with E-state index in [0.29, 0.717) is 10.6 Å². The number of aliphatic hydroxyl groups excluding tert-OH is 1. The van der Waals surface area contributed by atoms with Crippen molar-refractivity contribution in [2.45, 2.75) is 39.3 Å². The Kier molecular flexibility index (Phi) is 8.14. The molecule has 2 aromatic carbocycles. The van der Waals surface area contributed by atoms with Crippen molar-refractivity contribution < 1.29 is 28.9 Å². The van der Waals surface area contributed by atoms with E-state index in [1.54, 1.807) is 30.3 Å². The van der Waals surface area contributed by atoms with Gasteiger partial charge in [-0.25, -0.2) is 4.39 Å². The first-order valence-corrected chi connectivity index (χ1v) is 11.3. The third-order valence-corrected chi connectivity index (χ3v) is 5.59. The molecule has 8 nitrogen and oxygen atoms in total. The molecule has 0 saturated carbocycles. The van der Waals surface area contributed by atoms with Crippen molar-refractivity contribution in [2.75, 3.05) is 6.61 Å². The van der Waals surface area contributed by atoms with Crippen LogP contribution in [-0.2, 0) is 4.79 Å². The number of carbonyl (C=O) groups excluding carboxylic acids is 1. The van der Waals surface area contributed by atoms with Gasteiger partial charge in [0.15, 0.2) is 5.69 Å². The van der Waals surface area contributed by atoms with Crippen molar-refractivity contribution in [2.24, 2.45) is 5.41 Å². The summed E-state index contributed by atoms with van der Waals surface area (Å²) in [7, 11) is 0. The van der Waals surface area contributed by atoms with Crippen molar-refractivity contribution in [3.05, 3.63) is 76.7 Å². The molecular formula is C25H27ClFN3O5. The minimum atomic E-state index is -1.11. The van der Waals surface area contributed by atoms with Gasteiger partial charge in [0.1, 0.15) is 18.1 Å². The fourth-order valence-corrected chi connectivity index (χ4v) is 3.27. The maximum Gasteiger partial charge on any atom is 0.305 e. The number of amides is 1. The first-order valence-electron chi connectivity index (χ1n) is 10.9. The van der Waals surface area contributed by atoms with Gasteiger partial charge in [-0.2, -0.15) is 9.78 Å². The molecule has 0 aliphatic carbocycles. The van der Waals surface area contributed by atoms with E-state index in [2.05, 4.69) is 10.4 Å². The quantitative estimate of drug-likeness (QED) is 0.399. The fourth-order valence-electron chi connectivity index (χ4n) is 3.14. The Labute approximate surface area is 207 Å². The molecule has 2 atom stereocenters. The summed E-state index contributed by atoms with van der Waals surface area (Å²) in [6, 6.07) is 12.7. The van der Waals surface area contributed by atoms with Crippen LogP contribution in [0.15, 0.2) is 54.6 Å². The smallest absolute Gasteiger partial charge is 0.305 e. The lowest BCUT2D eigenvalue weighted by atomic mass is 9.90. The van der Waals surface area contributed by atoms with Gasteiger partial charge in [0, 0.05) is 11.1 Å². The van der Waals surface area contributed by atoms with Crippen LogP contribution in [0.4, 0.5) is 4.39 Å². The van der Waals surface area contributed by atoms with E-state index < -0.39 is 35.3 Å². The van der Waals surface area contributed by atoms with Crippen LogP contribution in [0.3, 0.4) is 0 Å². The maximum absolute atomic E-state index is 14.5. The summed E-state index contributed by atoms with van der Waals surface area (Å²) >= 11 is 5.92. The average molecular weight is 504 g/mol. The number of halogens is 2. The van der Waals surface area contributed by atoms with E-state index in [1.165, 1.54) is 24.3 Å². The summed E-state index contributed by atoms with van der Waals surface area (Å²) in [4.78, 5) is 24.4. The summed E-state index contributed by atoms with van der Waals surface area (Å²) in [5.74, 6) is -2.33. The van der Waals surface area contributed by atoms with Gasteiger partial charge in [-0.1, -0.05) is 56.6 Å². The molecule has 3 N–H and O–H groups in total. The summed E-state index contributed by atoms with van der Waals surface area (Å²) in [6.07, 6.45) is -1.21. The summed E-state index contributed by atoms with van der Waals surface area (Å²) in [5, 5.41) is 27.0. The van der Waals surface area contributed by atoms with Gasteiger partial charge in [0.05, 0.1) is 18.6 Å². The van der Waals surface area contributed by atoms with Gasteiger partial charge < -0.3 is 20.3 Å². The number of aromatic nitrogens is 2. The SMILES string of the molecule is CC(C)(C)C(O)COc1cc(C(=O)NC(CC(=O)O)c2ccc(Cl)cc2)nn1-c1ccccc1F. The Morgan fingerprint density at radius 1 is 1.17 bits per heavy atom. The topological polar surface area (TPSA) is 114 Å². The largest absolute Gasteiger partial charge is 0.481 e. The number of aliphatic carboxylic acids is 1. The van der Waals surface area contributed by atoms with Crippen molar-refractivity contribution in [3.63, 3.8) is 0 Å². The van der Waals surface area contributed by atoms with Crippen molar-refractivity contribution in [3.8, 4) is 11.6 Å². The lowest BCUT2D eigenvalue weighted by molar-refractivity contribution is -0.137. The molecule has 0 radical (unpaired) electrons. The number of nitrogens with one attached hydrogen (secondary N) is 1. The van der Waals surface area contributed by atoms with Crippen molar-refractivity contribution in [1.29, 1.82) is 0 Å². The highest BCUT2D eigenvalue weighted by Crippen LogP contribution is 2.26. The molecule has 0 aliphatic heterocycles. The molecule has 10 heteroatoms. The second-order valence-electron chi connectivity index (χ2n) is 9.10. The lowest BCUT2D eigenvalue weighted by Crippen LogP contribution is -2.32. The van der Waals surface area contributed by atoms with Gasteiger partial charge in [-0.15, -0.1) is 0 Å². The van der Waals surface area contributed by atoms with Crippen LogP contribution in [0.2, 0.25) is 5.02 Å². The molecule has 3 aromatic rings. The van der Waals surface area contributed by atoms with E-state index in [1.807, 2.05) is 20.8 Å². The number of para-hydroxylation sites is 1. The zero-order valence-electron chi connectivity index (χ0n) is 19.5. The van der Waals surface area contributed by atoms with Gasteiger partial charge in [-0.3, -0.25) is 9.59 Å². The number of benzene rings is 2. The molecule has 0 aliphatic rings. The lowest BCUT2D eigenvalue weighted by Gasteiger charge is -2.25. The van der Waals surface area contributed by atoms with Crippen molar-refractivity contribution >= 4 is 23.5 Å². The summed E-state index contributed by atoms with van der Waals surface area (Å²) < 4.78 is 21.4. The molecule has 186 valence electrons. The van der Waals surface area contributed by atoms with E-state index in [4.69, 9.17) is 16.3 Å². The van der Waals surface area contributed by atoms with Crippen molar-refractivity contribution in [1.82, 2.24) is 15.1 Å². The van der Waals surface area contributed by atoms with Gasteiger partial charge in [0.25, 0.3) is 5.91 Å². The second-order valence-corrected chi connectivity index (χ2v) is 9.54. The molecular weight excluding hydrogens is 477 g/mol. The number of carbonyl (C=O) groups is 2. The first-order chi connectivity index (χ1) is 16.5. The van der Waals surface area contributed by atoms with Crippen LogP contribution < -0.4 is 10.1 Å². The number of carboxylic acids is 1. The molecule has 1 aromatic heterocycles. The monoisotopic (exact) mass is 503 g/mol. The number of hydrogen-bond donors (Lipinski definition) is 3. The number of rotatable bonds is 9. The Morgan fingerprint density at radius 2 is 1.83 bits per heavy atom. The predicted molar refractivity (Wildman–Crippen MR) is 128 cm³/mol. The highest BCUT2D eigenvalue weighted by Gasteiger charge is 2.26. The number of ether oxygens (including phenoxy) is 1. The highest BCUT2D eigenvalue weighted by molar-refractivity contribution is 6.30. The Bertz CT molecular complexity index is 1190. The number of hydrogen-bond acceptors (Lipinski definition) is 5. The van der Waals surface area contributed by atoms with E-state index in [-0.39, 0.29) is 30.3 Å². The third-order valence-electron chi connectivity index (χ3n) is 5.34. The zero-order valence-corrected chi connectivity index (χ0v) is 20.3. The fraction of sp³-hybridized carbons (Fsp3) is 0.320. The van der Waals surface area contributed by atoms with E-state index in [9.17, 15) is 24.2 Å². The average Bonchev–Trinajstić information content (AvgIpc) is 3.21. The molecule has 35 heavy (non-hydrogen) atoms. The molecule has 3 rings (SSSR count). The first kappa shape index (κ1) is 26.2. The second kappa shape index (κ2) is 10.9. The minimum absolute atomic E-state index is 0.0461. The molecule has 1 amide bonds. The van der Waals surface area contributed by atoms with Crippen LogP contribution in [0.1, 0.15) is 49.3 Å². The van der Waals surface area contributed by atoms with Crippen LogP contribution in [0, 0.1) is 11.2 Å². The van der Waals surface area contributed by atoms with Crippen LogP contribution in [-0.4, -0.2) is 44.6 Å². The number of aliphatic hydroxyl groups is 1. The highest BCUT2D eigenvalue weighted by atomic mass is 35.5. The predicted octanol–water partition coefficient (Wildman–Crippen LogP) is 4.40. The standard InChI is InChI=1S/C25H27ClFN3O5/c1-25(2,3)21(31)14-35-22-12-19(29-30(22)20-7-5-4-6-17(20)27)24(34)28-18(13-23(32)33)15-8-10-16(26)11-9-15/h4-12,18,21,31H,13-14H2,1-3H3,(H,28,34)(H,32,33). The van der Waals surface area contributed by atoms with Gasteiger partial charge >= 0.3 is 5.97 Å². The Hall–Kier alpha value is -3.43.